The molecule has 2 amide bonds. The highest BCUT2D eigenvalue weighted by Crippen LogP contribution is 2.09. The first-order valence-corrected chi connectivity index (χ1v) is 6.56. The zero-order valence-corrected chi connectivity index (χ0v) is 11.5. The van der Waals surface area contributed by atoms with E-state index in [2.05, 4.69) is 16.0 Å². The van der Waals surface area contributed by atoms with Gasteiger partial charge in [-0.15, -0.1) is 0 Å². The molecule has 0 aliphatic carbocycles. The minimum atomic E-state index is -0.0926. The van der Waals surface area contributed by atoms with E-state index < -0.39 is 0 Å². The van der Waals surface area contributed by atoms with Crippen LogP contribution in [0.2, 0.25) is 0 Å². The van der Waals surface area contributed by atoms with Crippen molar-refractivity contribution >= 4 is 17.5 Å². The molecule has 0 aliphatic rings. The summed E-state index contributed by atoms with van der Waals surface area (Å²) < 4.78 is 0. The Morgan fingerprint density at radius 1 is 1.11 bits per heavy atom. The average molecular weight is 263 g/mol. The van der Waals surface area contributed by atoms with Crippen LogP contribution >= 0.6 is 0 Å². The summed E-state index contributed by atoms with van der Waals surface area (Å²) in [5.41, 5.74) is 1.29. The topological polar surface area (TPSA) is 70.2 Å². The van der Waals surface area contributed by atoms with Crippen molar-refractivity contribution in [2.75, 3.05) is 25.0 Å². The van der Waals surface area contributed by atoms with Crippen LogP contribution in [-0.2, 0) is 4.79 Å². The third-order valence-corrected chi connectivity index (χ3v) is 2.50. The first kappa shape index (κ1) is 15.2. The van der Waals surface area contributed by atoms with Crippen molar-refractivity contribution in [3.8, 4) is 0 Å². The summed E-state index contributed by atoms with van der Waals surface area (Å²) in [5.74, 6) is -0.183. The molecule has 0 saturated heterocycles. The maximum absolute atomic E-state index is 11.7. The lowest BCUT2D eigenvalue weighted by Gasteiger charge is -2.07. The minimum Gasteiger partial charge on any atom is -0.352 e. The van der Waals surface area contributed by atoms with Gasteiger partial charge in [0.05, 0.1) is 6.54 Å². The van der Waals surface area contributed by atoms with Crippen LogP contribution in [0.3, 0.4) is 0 Å². The van der Waals surface area contributed by atoms with Crippen LogP contribution in [-0.4, -0.2) is 31.4 Å². The number of benzene rings is 1. The summed E-state index contributed by atoms with van der Waals surface area (Å²) in [4.78, 5) is 23.1. The summed E-state index contributed by atoms with van der Waals surface area (Å²) >= 11 is 0. The third kappa shape index (κ3) is 5.52. The van der Waals surface area contributed by atoms with E-state index in [0.29, 0.717) is 17.8 Å². The van der Waals surface area contributed by atoms with Crippen molar-refractivity contribution < 1.29 is 9.59 Å². The minimum absolute atomic E-state index is 0.0904. The second-order valence-electron chi connectivity index (χ2n) is 4.16. The predicted octanol–water partition coefficient (Wildman–Crippen LogP) is 1.37. The smallest absolute Gasteiger partial charge is 0.251 e. The Labute approximate surface area is 113 Å². The highest BCUT2D eigenvalue weighted by Gasteiger charge is 2.05. The van der Waals surface area contributed by atoms with Gasteiger partial charge in [0.25, 0.3) is 5.91 Å². The van der Waals surface area contributed by atoms with E-state index in [-0.39, 0.29) is 18.4 Å². The molecule has 3 N–H and O–H groups in total. The van der Waals surface area contributed by atoms with Crippen LogP contribution in [0, 0.1) is 0 Å². The Balaban J connectivity index is 2.51. The number of carbonyl (C=O) groups is 2. The second kappa shape index (κ2) is 8.26. The van der Waals surface area contributed by atoms with Crippen LogP contribution in [0.25, 0.3) is 0 Å². The zero-order valence-electron chi connectivity index (χ0n) is 11.5. The standard InChI is InChI=1S/C14H21N3O2/c1-3-9-16-14(19)11-5-7-12(8-6-11)17-13(18)10-15-4-2/h5-8,15H,3-4,9-10H2,1-2H3,(H,16,19)(H,17,18). The molecular formula is C14H21N3O2. The summed E-state index contributed by atoms with van der Waals surface area (Å²) in [6.45, 7) is 5.65. The van der Waals surface area contributed by atoms with E-state index in [1.54, 1.807) is 24.3 Å². The third-order valence-electron chi connectivity index (χ3n) is 2.50. The molecule has 104 valence electrons. The van der Waals surface area contributed by atoms with Gasteiger partial charge in [-0.3, -0.25) is 9.59 Å². The van der Waals surface area contributed by atoms with Gasteiger partial charge in [-0.05, 0) is 37.2 Å². The largest absolute Gasteiger partial charge is 0.352 e. The van der Waals surface area contributed by atoms with E-state index in [1.165, 1.54) is 0 Å². The van der Waals surface area contributed by atoms with Crippen LogP contribution in [0.5, 0.6) is 0 Å². The molecule has 0 fully saturated rings. The molecule has 19 heavy (non-hydrogen) atoms. The van der Waals surface area contributed by atoms with Gasteiger partial charge in [0.15, 0.2) is 0 Å². The maximum atomic E-state index is 11.7. The molecule has 1 aromatic carbocycles. The first-order valence-electron chi connectivity index (χ1n) is 6.56. The molecule has 0 aromatic heterocycles. The van der Waals surface area contributed by atoms with Crippen LogP contribution in [0.1, 0.15) is 30.6 Å². The molecule has 0 saturated carbocycles. The van der Waals surface area contributed by atoms with E-state index >= 15 is 0 Å². The molecule has 5 nitrogen and oxygen atoms in total. The summed E-state index contributed by atoms with van der Waals surface area (Å²) in [6.07, 6.45) is 0.907. The lowest BCUT2D eigenvalue weighted by molar-refractivity contribution is -0.115. The van der Waals surface area contributed by atoms with Crippen LogP contribution in [0.15, 0.2) is 24.3 Å². The molecule has 0 spiro atoms. The molecule has 0 radical (unpaired) electrons. The Morgan fingerprint density at radius 2 is 1.79 bits per heavy atom. The van der Waals surface area contributed by atoms with E-state index in [1.807, 2.05) is 13.8 Å². The van der Waals surface area contributed by atoms with E-state index in [0.717, 1.165) is 13.0 Å². The molecule has 5 heteroatoms. The number of hydrogen-bond acceptors (Lipinski definition) is 3. The number of anilines is 1. The van der Waals surface area contributed by atoms with Crippen molar-refractivity contribution in [1.82, 2.24) is 10.6 Å². The highest BCUT2D eigenvalue weighted by molar-refractivity contribution is 5.96. The number of amides is 2. The molecule has 0 bridgehead atoms. The first-order chi connectivity index (χ1) is 9.17. The van der Waals surface area contributed by atoms with Crippen LogP contribution < -0.4 is 16.0 Å². The molecule has 0 unspecified atom stereocenters. The maximum Gasteiger partial charge on any atom is 0.251 e. The molecule has 0 atom stereocenters. The van der Waals surface area contributed by atoms with Crippen molar-refractivity contribution in [1.29, 1.82) is 0 Å². The molecule has 0 heterocycles. The van der Waals surface area contributed by atoms with Gasteiger partial charge >= 0.3 is 0 Å². The second-order valence-corrected chi connectivity index (χ2v) is 4.16. The fourth-order valence-corrected chi connectivity index (χ4v) is 1.49. The fourth-order valence-electron chi connectivity index (χ4n) is 1.49. The van der Waals surface area contributed by atoms with Crippen molar-refractivity contribution in [3.05, 3.63) is 29.8 Å². The Hall–Kier alpha value is -1.88. The number of likely N-dealkylation sites (N-methyl/N-ethyl adjacent to an activating group) is 1. The van der Waals surface area contributed by atoms with Gasteiger partial charge in [-0.25, -0.2) is 0 Å². The van der Waals surface area contributed by atoms with Gasteiger partial charge in [0, 0.05) is 17.8 Å². The van der Waals surface area contributed by atoms with Gasteiger partial charge in [0.1, 0.15) is 0 Å². The monoisotopic (exact) mass is 263 g/mol. The van der Waals surface area contributed by atoms with Gasteiger partial charge in [-0.2, -0.15) is 0 Å². The summed E-state index contributed by atoms with van der Waals surface area (Å²) in [7, 11) is 0. The molecule has 1 rings (SSSR count). The summed E-state index contributed by atoms with van der Waals surface area (Å²) in [5, 5.41) is 8.50. The zero-order chi connectivity index (χ0) is 14.1. The van der Waals surface area contributed by atoms with Gasteiger partial charge in [0.2, 0.25) is 5.91 Å². The highest BCUT2D eigenvalue weighted by atomic mass is 16.2. The molecule has 0 aliphatic heterocycles. The fraction of sp³-hybridized carbons (Fsp3) is 0.429. The van der Waals surface area contributed by atoms with E-state index in [4.69, 9.17) is 0 Å². The summed E-state index contributed by atoms with van der Waals surface area (Å²) in [6, 6.07) is 6.86. The van der Waals surface area contributed by atoms with Gasteiger partial charge in [-0.1, -0.05) is 13.8 Å². The number of nitrogens with one attached hydrogen (secondary N) is 3. The van der Waals surface area contributed by atoms with Gasteiger partial charge < -0.3 is 16.0 Å². The lowest BCUT2D eigenvalue weighted by Crippen LogP contribution is -2.27. The normalized spacial score (nSPS) is 10.0. The number of hydrogen-bond donors (Lipinski definition) is 3. The van der Waals surface area contributed by atoms with Crippen molar-refractivity contribution in [3.63, 3.8) is 0 Å². The Bertz CT molecular complexity index is 415. The van der Waals surface area contributed by atoms with E-state index in [9.17, 15) is 9.59 Å². The lowest BCUT2D eigenvalue weighted by atomic mass is 10.2. The van der Waals surface area contributed by atoms with Crippen molar-refractivity contribution in [2.24, 2.45) is 0 Å². The Kier molecular flexibility index (Phi) is 6.60. The number of rotatable bonds is 7. The quantitative estimate of drug-likeness (QED) is 0.696. The Morgan fingerprint density at radius 3 is 2.37 bits per heavy atom. The predicted molar refractivity (Wildman–Crippen MR) is 76.2 cm³/mol. The van der Waals surface area contributed by atoms with Crippen molar-refractivity contribution in [2.45, 2.75) is 20.3 Å². The van der Waals surface area contributed by atoms with Crippen LogP contribution in [0.4, 0.5) is 5.69 Å². The molecular weight excluding hydrogens is 242 g/mol. The molecule has 1 aromatic rings. The SMILES string of the molecule is CCCNC(=O)c1ccc(NC(=O)CNCC)cc1. The average Bonchev–Trinajstić information content (AvgIpc) is 2.43. The number of carbonyl (C=O) groups excluding carboxylic acids is 2.